The molecular formula is C30H43N3O4S. The van der Waals surface area contributed by atoms with Crippen LogP contribution in [-0.2, 0) is 14.4 Å². The van der Waals surface area contributed by atoms with E-state index in [1.807, 2.05) is 73.0 Å². The summed E-state index contributed by atoms with van der Waals surface area (Å²) in [6, 6.07) is 6.69. The first kappa shape index (κ1) is 30.0. The monoisotopic (exact) mass is 541 g/mol. The Labute approximate surface area is 231 Å². The number of thiazole rings is 1. The standard InChI is InChI=1S/C30H43N3O4S/c1-18(20-9-11-21(12-10-20)26-19(2)31-17-38-26)13-24(35)23-14-22(34)16-33(23)28(37)27(30(6,7)8)32-25(36)15-29(3,4)5/h9-12,17-18,22-23,27,34H,13-16H2,1-8H3,(H,32,36). The first-order chi connectivity index (χ1) is 17.6. The molecule has 0 saturated carbocycles. The zero-order valence-electron chi connectivity index (χ0n) is 24.0. The number of rotatable bonds is 8. The molecule has 2 amide bonds. The van der Waals surface area contributed by atoms with Crippen molar-refractivity contribution in [3.8, 4) is 10.4 Å². The van der Waals surface area contributed by atoms with E-state index in [0.29, 0.717) is 0 Å². The maximum Gasteiger partial charge on any atom is 0.246 e. The molecule has 4 unspecified atom stereocenters. The molecule has 0 bridgehead atoms. The number of hydrogen-bond donors (Lipinski definition) is 2. The lowest BCUT2D eigenvalue weighted by Gasteiger charge is -2.36. The lowest BCUT2D eigenvalue weighted by Crippen LogP contribution is -2.57. The Morgan fingerprint density at radius 3 is 2.29 bits per heavy atom. The van der Waals surface area contributed by atoms with Gasteiger partial charge in [0.1, 0.15) is 6.04 Å². The zero-order valence-corrected chi connectivity index (χ0v) is 24.8. The molecule has 7 nitrogen and oxygen atoms in total. The van der Waals surface area contributed by atoms with Crippen LogP contribution < -0.4 is 5.32 Å². The van der Waals surface area contributed by atoms with E-state index < -0.39 is 23.6 Å². The second kappa shape index (κ2) is 11.7. The molecule has 208 valence electrons. The topological polar surface area (TPSA) is 99.6 Å². The summed E-state index contributed by atoms with van der Waals surface area (Å²) in [5, 5.41) is 13.4. The van der Waals surface area contributed by atoms with Crippen molar-refractivity contribution in [1.29, 1.82) is 0 Å². The molecule has 0 radical (unpaired) electrons. The number of aryl methyl sites for hydroxylation is 1. The average Bonchev–Trinajstić information content (AvgIpc) is 3.40. The third kappa shape index (κ3) is 7.50. The predicted molar refractivity (Wildman–Crippen MR) is 152 cm³/mol. The molecule has 1 aliphatic rings. The fourth-order valence-corrected chi connectivity index (χ4v) is 5.78. The molecule has 2 heterocycles. The molecule has 0 spiro atoms. The van der Waals surface area contributed by atoms with Gasteiger partial charge in [0.15, 0.2) is 5.78 Å². The predicted octanol–water partition coefficient (Wildman–Crippen LogP) is 5.11. The van der Waals surface area contributed by atoms with Crippen molar-refractivity contribution in [1.82, 2.24) is 15.2 Å². The number of likely N-dealkylation sites (tertiary alicyclic amines) is 1. The lowest BCUT2D eigenvalue weighted by molar-refractivity contribution is -0.143. The quantitative estimate of drug-likeness (QED) is 0.484. The number of amides is 2. The van der Waals surface area contributed by atoms with Crippen molar-refractivity contribution in [2.45, 2.75) is 98.8 Å². The maximum atomic E-state index is 13.7. The Bertz CT molecular complexity index is 1140. The van der Waals surface area contributed by atoms with E-state index in [0.717, 1.165) is 21.7 Å². The summed E-state index contributed by atoms with van der Waals surface area (Å²) in [6.45, 7) is 15.7. The molecule has 4 atom stereocenters. The van der Waals surface area contributed by atoms with Crippen molar-refractivity contribution < 1.29 is 19.5 Å². The second-order valence-electron chi connectivity index (χ2n) is 13.0. The molecule has 1 aliphatic heterocycles. The molecule has 38 heavy (non-hydrogen) atoms. The number of aliphatic hydroxyl groups excluding tert-OH is 1. The summed E-state index contributed by atoms with van der Waals surface area (Å²) in [7, 11) is 0. The van der Waals surface area contributed by atoms with Crippen molar-refractivity contribution in [3.63, 3.8) is 0 Å². The number of carbonyl (C=O) groups excluding carboxylic acids is 3. The number of aromatic nitrogens is 1. The number of aliphatic hydroxyl groups is 1. The number of β-amino-alcohol motifs (C(OH)–C–C–N with tert-alkyl or cyclic N) is 1. The Balaban J connectivity index is 1.72. The van der Waals surface area contributed by atoms with Gasteiger partial charge in [-0.05, 0) is 34.8 Å². The number of nitrogens with one attached hydrogen (secondary N) is 1. The van der Waals surface area contributed by atoms with Crippen LogP contribution in [0, 0.1) is 17.8 Å². The average molecular weight is 542 g/mol. The number of Topliss-reactive ketones (excluding diaryl/α,β-unsaturated/α-hetero) is 1. The molecule has 1 saturated heterocycles. The molecule has 2 N–H and O–H groups in total. The van der Waals surface area contributed by atoms with Crippen LogP contribution in [0.1, 0.15) is 84.9 Å². The highest BCUT2D eigenvalue weighted by Gasteiger charge is 2.44. The summed E-state index contributed by atoms with van der Waals surface area (Å²) in [5.41, 5.74) is 4.21. The summed E-state index contributed by atoms with van der Waals surface area (Å²) in [5.74, 6) is -0.622. The van der Waals surface area contributed by atoms with E-state index in [4.69, 9.17) is 0 Å². The van der Waals surface area contributed by atoms with Crippen LogP contribution in [0.5, 0.6) is 0 Å². The number of carbonyl (C=O) groups is 3. The smallest absolute Gasteiger partial charge is 0.246 e. The van der Waals surface area contributed by atoms with Crippen LogP contribution in [-0.4, -0.2) is 57.3 Å². The normalized spacial score (nSPS) is 19.8. The van der Waals surface area contributed by atoms with Crippen molar-refractivity contribution in [3.05, 3.63) is 41.0 Å². The highest BCUT2D eigenvalue weighted by Crippen LogP contribution is 2.32. The number of ketones is 1. The van der Waals surface area contributed by atoms with Gasteiger partial charge in [-0.2, -0.15) is 0 Å². The fourth-order valence-electron chi connectivity index (χ4n) is 4.97. The highest BCUT2D eigenvalue weighted by molar-refractivity contribution is 7.13. The van der Waals surface area contributed by atoms with E-state index in [9.17, 15) is 19.5 Å². The molecule has 1 fully saturated rings. The fraction of sp³-hybridized carbons (Fsp3) is 0.600. The van der Waals surface area contributed by atoms with Gasteiger partial charge >= 0.3 is 0 Å². The van der Waals surface area contributed by atoms with E-state index in [1.165, 1.54) is 4.90 Å². The number of nitrogens with zero attached hydrogens (tertiary/aromatic N) is 2. The van der Waals surface area contributed by atoms with Crippen LogP contribution in [0.4, 0.5) is 0 Å². The van der Waals surface area contributed by atoms with Gasteiger partial charge in [-0.3, -0.25) is 14.4 Å². The molecular weight excluding hydrogens is 498 g/mol. The minimum Gasteiger partial charge on any atom is -0.391 e. The summed E-state index contributed by atoms with van der Waals surface area (Å²) >= 11 is 1.60. The zero-order chi connectivity index (χ0) is 28.4. The minimum absolute atomic E-state index is 0.0429. The third-order valence-electron chi connectivity index (χ3n) is 7.04. The van der Waals surface area contributed by atoms with E-state index in [2.05, 4.69) is 22.4 Å². The Hall–Kier alpha value is -2.58. The van der Waals surface area contributed by atoms with Crippen molar-refractivity contribution in [2.75, 3.05) is 6.54 Å². The molecule has 2 aromatic rings. The van der Waals surface area contributed by atoms with Crippen LogP contribution in [0.3, 0.4) is 0 Å². The Morgan fingerprint density at radius 2 is 1.76 bits per heavy atom. The van der Waals surface area contributed by atoms with Gasteiger partial charge in [0.25, 0.3) is 0 Å². The molecule has 0 aliphatic carbocycles. The van der Waals surface area contributed by atoms with Crippen LogP contribution >= 0.6 is 11.3 Å². The van der Waals surface area contributed by atoms with Gasteiger partial charge in [0.05, 0.1) is 28.2 Å². The molecule has 1 aromatic carbocycles. The van der Waals surface area contributed by atoms with Crippen LogP contribution in [0.25, 0.3) is 10.4 Å². The largest absolute Gasteiger partial charge is 0.391 e. The Morgan fingerprint density at radius 1 is 1.13 bits per heavy atom. The van der Waals surface area contributed by atoms with Crippen molar-refractivity contribution in [2.24, 2.45) is 10.8 Å². The summed E-state index contributed by atoms with van der Waals surface area (Å²) in [4.78, 5) is 46.9. The number of hydrogen-bond acceptors (Lipinski definition) is 6. The minimum atomic E-state index is -0.793. The van der Waals surface area contributed by atoms with E-state index in [-0.39, 0.29) is 54.7 Å². The van der Waals surface area contributed by atoms with Gasteiger partial charge in [-0.25, -0.2) is 4.98 Å². The van der Waals surface area contributed by atoms with Crippen molar-refractivity contribution >= 4 is 28.9 Å². The van der Waals surface area contributed by atoms with Gasteiger partial charge in [-0.15, -0.1) is 11.3 Å². The SMILES string of the molecule is Cc1ncsc1-c1ccc(C(C)CC(=O)C2CC(O)CN2C(=O)C(NC(=O)CC(C)(C)C)C(C)(C)C)cc1. The lowest BCUT2D eigenvalue weighted by atomic mass is 9.84. The maximum absolute atomic E-state index is 13.7. The molecule has 1 aromatic heterocycles. The first-order valence-corrected chi connectivity index (χ1v) is 14.3. The summed E-state index contributed by atoms with van der Waals surface area (Å²) < 4.78 is 0. The van der Waals surface area contributed by atoms with Gasteiger partial charge in [-0.1, -0.05) is 72.7 Å². The highest BCUT2D eigenvalue weighted by atomic mass is 32.1. The van der Waals surface area contributed by atoms with E-state index >= 15 is 0 Å². The van der Waals surface area contributed by atoms with Gasteiger partial charge in [0, 0.05) is 25.8 Å². The van der Waals surface area contributed by atoms with E-state index in [1.54, 1.807) is 11.3 Å². The Kier molecular flexibility index (Phi) is 9.20. The van der Waals surface area contributed by atoms with Gasteiger partial charge in [0.2, 0.25) is 11.8 Å². The summed E-state index contributed by atoms with van der Waals surface area (Å²) in [6.07, 6.45) is -0.00262. The van der Waals surface area contributed by atoms with Crippen LogP contribution in [0.2, 0.25) is 0 Å². The van der Waals surface area contributed by atoms with Crippen LogP contribution in [0.15, 0.2) is 29.8 Å². The third-order valence-corrected chi connectivity index (χ3v) is 8.02. The molecule has 3 rings (SSSR count). The number of benzene rings is 1. The first-order valence-electron chi connectivity index (χ1n) is 13.4. The van der Waals surface area contributed by atoms with Gasteiger partial charge < -0.3 is 15.3 Å². The second-order valence-corrected chi connectivity index (χ2v) is 13.8. The molecule has 8 heteroatoms.